The summed E-state index contributed by atoms with van der Waals surface area (Å²) in [4.78, 5) is 15.1. The molecule has 140 valence electrons. The van der Waals surface area contributed by atoms with Crippen molar-refractivity contribution in [1.29, 1.82) is 0 Å². The molecular formula is C16H12BrF3N5O2+. The average molecular weight is 443 g/mol. The maximum atomic E-state index is 12.6. The van der Waals surface area contributed by atoms with Gasteiger partial charge in [0.15, 0.2) is 0 Å². The maximum Gasteiger partial charge on any atom is 0.433 e. The van der Waals surface area contributed by atoms with Gasteiger partial charge in [-0.25, -0.2) is 4.79 Å². The Bertz CT molecular complexity index is 944. The van der Waals surface area contributed by atoms with Crippen molar-refractivity contribution in [2.75, 3.05) is 10.6 Å². The smallest absolute Gasteiger partial charge is 0.308 e. The molecule has 3 aromatic rings. The van der Waals surface area contributed by atoms with E-state index in [-0.39, 0.29) is 11.6 Å². The van der Waals surface area contributed by atoms with Gasteiger partial charge in [-0.1, -0.05) is 28.1 Å². The predicted molar refractivity (Wildman–Crippen MR) is 91.8 cm³/mol. The highest BCUT2D eigenvalue weighted by Gasteiger charge is 2.32. The SMILES string of the molecule is O=C(Nc1ccnc(C(F)(F)F)c1)Nc1c[n+](Cc2ccc(Br)cc2)no1. The number of hydrogen-bond acceptors (Lipinski definition) is 4. The van der Waals surface area contributed by atoms with Gasteiger partial charge in [0.05, 0.1) is 0 Å². The number of carbonyl (C=O) groups is 1. The van der Waals surface area contributed by atoms with E-state index in [1.807, 2.05) is 24.3 Å². The van der Waals surface area contributed by atoms with Gasteiger partial charge < -0.3 is 5.32 Å². The summed E-state index contributed by atoms with van der Waals surface area (Å²) >= 11 is 3.34. The number of benzene rings is 1. The molecule has 7 nitrogen and oxygen atoms in total. The number of urea groups is 1. The third kappa shape index (κ3) is 5.26. The summed E-state index contributed by atoms with van der Waals surface area (Å²) in [6.07, 6.45) is -2.19. The first-order valence-corrected chi connectivity index (χ1v) is 8.31. The second kappa shape index (κ2) is 7.74. The quantitative estimate of drug-likeness (QED) is 0.601. The van der Waals surface area contributed by atoms with E-state index in [1.54, 1.807) is 0 Å². The van der Waals surface area contributed by atoms with Crippen molar-refractivity contribution in [3.8, 4) is 0 Å². The molecule has 0 fully saturated rings. The molecule has 0 aliphatic carbocycles. The van der Waals surface area contributed by atoms with Crippen molar-refractivity contribution >= 4 is 33.5 Å². The number of nitrogens with zero attached hydrogens (tertiary/aromatic N) is 3. The fraction of sp³-hybridized carbons (Fsp3) is 0.125. The van der Waals surface area contributed by atoms with Crippen LogP contribution in [-0.4, -0.2) is 16.3 Å². The fourth-order valence-electron chi connectivity index (χ4n) is 2.12. The number of halogens is 4. The molecule has 11 heteroatoms. The lowest BCUT2D eigenvalue weighted by molar-refractivity contribution is -0.754. The molecule has 0 aliphatic rings. The lowest BCUT2D eigenvalue weighted by atomic mass is 10.2. The first-order valence-electron chi connectivity index (χ1n) is 7.52. The summed E-state index contributed by atoms with van der Waals surface area (Å²) in [6.45, 7) is 0.416. The van der Waals surface area contributed by atoms with Gasteiger partial charge in [-0.05, 0) is 28.9 Å². The molecule has 0 atom stereocenters. The molecule has 0 saturated carbocycles. The summed E-state index contributed by atoms with van der Waals surface area (Å²) in [6, 6.07) is 8.75. The topological polar surface area (TPSA) is 83.9 Å². The van der Waals surface area contributed by atoms with Gasteiger partial charge >= 0.3 is 18.1 Å². The zero-order chi connectivity index (χ0) is 19.4. The Morgan fingerprint density at radius 1 is 1.19 bits per heavy atom. The molecule has 0 radical (unpaired) electrons. The third-order valence-electron chi connectivity index (χ3n) is 3.31. The lowest BCUT2D eigenvalue weighted by Crippen LogP contribution is -2.35. The van der Waals surface area contributed by atoms with Gasteiger partial charge in [0.25, 0.3) is 6.20 Å². The van der Waals surface area contributed by atoms with Crippen molar-refractivity contribution in [2.24, 2.45) is 0 Å². The van der Waals surface area contributed by atoms with E-state index < -0.39 is 17.9 Å². The minimum Gasteiger partial charge on any atom is -0.308 e. The van der Waals surface area contributed by atoms with E-state index in [0.29, 0.717) is 6.54 Å². The highest BCUT2D eigenvalue weighted by Crippen LogP contribution is 2.28. The second-order valence-electron chi connectivity index (χ2n) is 5.40. The van der Waals surface area contributed by atoms with Gasteiger partial charge in [0, 0.05) is 21.9 Å². The van der Waals surface area contributed by atoms with Crippen LogP contribution in [0.3, 0.4) is 0 Å². The van der Waals surface area contributed by atoms with Crippen LogP contribution in [0, 0.1) is 0 Å². The lowest BCUT2D eigenvalue weighted by Gasteiger charge is -2.08. The fourth-order valence-corrected chi connectivity index (χ4v) is 2.39. The zero-order valence-electron chi connectivity index (χ0n) is 13.5. The number of pyridine rings is 1. The average Bonchev–Trinajstić information content (AvgIpc) is 3.03. The Morgan fingerprint density at radius 2 is 1.93 bits per heavy atom. The van der Waals surface area contributed by atoms with Crippen LogP contribution >= 0.6 is 15.9 Å². The Morgan fingerprint density at radius 3 is 2.63 bits per heavy atom. The molecular weight excluding hydrogens is 431 g/mol. The number of carbonyl (C=O) groups excluding carboxylic acids is 1. The maximum absolute atomic E-state index is 12.6. The van der Waals surface area contributed by atoms with Gasteiger partial charge in [0.2, 0.25) is 11.8 Å². The van der Waals surface area contributed by atoms with Crippen molar-refractivity contribution in [3.05, 3.63) is 64.5 Å². The molecule has 0 bridgehead atoms. The van der Waals surface area contributed by atoms with Crippen molar-refractivity contribution in [3.63, 3.8) is 0 Å². The van der Waals surface area contributed by atoms with E-state index in [9.17, 15) is 18.0 Å². The van der Waals surface area contributed by atoms with Crippen LogP contribution in [-0.2, 0) is 12.7 Å². The summed E-state index contributed by atoms with van der Waals surface area (Å²) in [5.74, 6) is 0.0368. The number of rotatable bonds is 4. The van der Waals surface area contributed by atoms with Crippen LogP contribution in [0.5, 0.6) is 0 Å². The number of anilines is 2. The number of alkyl halides is 3. The Balaban J connectivity index is 1.60. The standard InChI is InChI=1S/C16H11BrF3N5O2/c17-11-3-1-10(2-4-11)8-25-9-14(27-24-25)23-15(26)22-12-5-6-21-13(7-12)16(18,19)20/h1-7,9H,8H2,(H-,21,22,23,24,26)/p+1. The molecule has 0 unspecified atom stereocenters. The van der Waals surface area contributed by atoms with E-state index in [2.05, 4.69) is 36.8 Å². The van der Waals surface area contributed by atoms with Gasteiger partial charge in [-0.2, -0.15) is 13.2 Å². The normalized spacial score (nSPS) is 11.3. The van der Waals surface area contributed by atoms with E-state index in [4.69, 9.17) is 4.52 Å². The van der Waals surface area contributed by atoms with E-state index in [1.165, 1.54) is 16.9 Å². The monoisotopic (exact) mass is 442 g/mol. The zero-order valence-corrected chi connectivity index (χ0v) is 15.1. The van der Waals surface area contributed by atoms with Crippen LogP contribution in [0.15, 0.2) is 57.8 Å². The summed E-state index contributed by atoms with van der Waals surface area (Å²) in [5, 5.41) is 8.40. The minimum absolute atomic E-state index is 0.0368. The molecule has 2 N–H and O–H groups in total. The largest absolute Gasteiger partial charge is 0.433 e. The molecule has 0 saturated heterocycles. The predicted octanol–water partition coefficient (Wildman–Crippen LogP) is 3.83. The molecule has 2 amide bonds. The van der Waals surface area contributed by atoms with Gasteiger partial charge in [-0.15, -0.1) is 0 Å². The molecule has 1 aromatic carbocycles. The molecule has 0 spiro atoms. The Hall–Kier alpha value is -2.95. The minimum atomic E-state index is -4.60. The van der Waals surface area contributed by atoms with Crippen LogP contribution in [0.2, 0.25) is 0 Å². The highest BCUT2D eigenvalue weighted by molar-refractivity contribution is 9.10. The highest BCUT2D eigenvalue weighted by atomic mass is 79.9. The summed E-state index contributed by atoms with van der Waals surface area (Å²) in [5.41, 5.74) is -0.201. The van der Waals surface area contributed by atoms with Crippen LogP contribution in [0.25, 0.3) is 0 Å². The number of nitrogens with one attached hydrogen (secondary N) is 2. The summed E-state index contributed by atoms with van der Waals surface area (Å²) in [7, 11) is 0. The Kier molecular flexibility index (Phi) is 5.40. The van der Waals surface area contributed by atoms with E-state index >= 15 is 0 Å². The third-order valence-corrected chi connectivity index (χ3v) is 3.84. The van der Waals surface area contributed by atoms with Gasteiger partial charge in [-0.3, -0.25) is 14.8 Å². The van der Waals surface area contributed by atoms with E-state index in [0.717, 1.165) is 22.3 Å². The van der Waals surface area contributed by atoms with Gasteiger partial charge in [0.1, 0.15) is 5.69 Å². The van der Waals surface area contributed by atoms with Crippen LogP contribution in [0.4, 0.5) is 29.5 Å². The first-order chi connectivity index (χ1) is 12.8. The molecule has 2 aromatic heterocycles. The number of amides is 2. The molecule has 27 heavy (non-hydrogen) atoms. The molecule has 2 heterocycles. The second-order valence-corrected chi connectivity index (χ2v) is 6.31. The molecule has 0 aliphatic heterocycles. The first kappa shape index (κ1) is 18.8. The summed E-state index contributed by atoms with van der Waals surface area (Å²) < 4.78 is 45.3. The van der Waals surface area contributed by atoms with Crippen molar-refractivity contribution in [2.45, 2.75) is 12.7 Å². The van der Waals surface area contributed by atoms with Crippen molar-refractivity contribution in [1.82, 2.24) is 10.3 Å². The van der Waals surface area contributed by atoms with Crippen LogP contribution < -0.4 is 15.3 Å². The number of hydrogen-bond donors (Lipinski definition) is 2. The molecule has 3 rings (SSSR count). The van der Waals surface area contributed by atoms with Crippen LogP contribution in [0.1, 0.15) is 11.3 Å². The van der Waals surface area contributed by atoms with Crippen molar-refractivity contribution < 1.29 is 27.2 Å². The Labute approximate surface area is 159 Å². The number of aromatic nitrogens is 3.